The summed E-state index contributed by atoms with van der Waals surface area (Å²) in [4.78, 5) is 4.97. The van der Waals surface area contributed by atoms with E-state index in [2.05, 4.69) is 31.2 Å². The van der Waals surface area contributed by atoms with Crippen LogP contribution in [0.25, 0.3) is 0 Å². The minimum Gasteiger partial charge on any atom is -0.399 e. The minimum absolute atomic E-state index is 0.0585. The van der Waals surface area contributed by atoms with Crippen LogP contribution in [0.5, 0.6) is 0 Å². The van der Waals surface area contributed by atoms with Crippen molar-refractivity contribution in [2.45, 2.75) is 71.3 Å². The second-order valence-corrected chi connectivity index (χ2v) is 8.34. The number of nitrogens with zero attached hydrogens (tertiary/aromatic N) is 1. The number of hydrogen-bond donors (Lipinski definition) is 1. The summed E-state index contributed by atoms with van der Waals surface area (Å²) in [6.45, 7) is 4.84. The van der Waals surface area contributed by atoms with Gasteiger partial charge >= 0.3 is 0 Å². The van der Waals surface area contributed by atoms with E-state index in [0.29, 0.717) is 23.2 Å². The highest BCUT2D eigenvalue weighted by Gasteiger charge is 2.51. The standard InChI is InChI=1S/C20H33NO2/c1-14(6-4-7-18(21-23-3)15-9-10-15)16-11-12-17-19(22)8-5-13-20(16,17)2/h4,7,14-17,19,22H,5-6,8-13H2,1-3H3/b7-4+,21-18+/t14-,16?,17+,19?,20-/m1/s1. The zero-order chi connectivity index (χ0) is 16.4. The molecule has 130 valence electrons. The van der Waals surface area contributed by atoms with Crippen molar-refractivity contribution in [2.75, 3.05) is 7.11 Å². The van der Waals surface area contributed by atoms with Crippen LogP contribution in [0.15, 0.2) is 17.3 Å². The Morgan fingerprint density at radius 2 is 2.09 bits per heavy atom. The molecule has 0 aromatic heterocycles. The predicted octanol–water partition coefficient (Wildman–Crippen LogP) is 4.56. The van der Waals surface area contributed by atoms with Gasteiger partial charge in [-0.3, -0.25) is 0 Å². The van der Waals surface area contributed by atoms with Crippen LogP contribution in [0.3, 0.4) is 0 Å². The summed E-state index contributed by atoms with van der Waals surface area (Å²) in [5.74, 6) is 2.58. The van der Waals surface area contributed by atoms with E-state index in [-0.39, 0.29) is 6.10 Å². The molecule has 0 amide bonds. The van der Waals surface area contributed by atoms with Crippen molar-refractivity contribution in [2.24, 2.45) is 34.2 Å². The van der Waals surface area contributed by atoms with Gasteiger partial charge < -0.3 is 9.94 Å². The molecule has 0 spiro atoms. The molecule has 0 saturated heterocycles. The fourth-order valence-corrected chi connectivity index (χ4v) is 5.42. The Hall–Kier alpha value is -0.830. The molecule has 5 atom stereocenters. The highest BCUT2D eigenvalue weighted by Crippen LogP contribution is 2.58. The van der Waals surface area contributed by atoms with Crippen molar-refractivity contribution in [1.29, 1.82) is 0 Å². The highest BCUT2D eigenvalue weighted by atomic mass is 16.6. The van der Waals surface area contributed by atoms with Crippen LogP contribution >= 0.6 is 0 Å². The number of fused-ring (bicyclic) bond motifs is 1. The van der Waals surface area contributed by atoms with E-state index in [0.717, 1.165) is 24.5 Å². The van der Waals surface area contributed by atoms with Crippen molar-refractivity contribution >= 4 is 5.71 Å². The normalized spacial score (nSPS) is 39.5. The second-order valence-electron chi connectivity index (χ2n) is 8.34. The Morgan fingerprint density at radius 1 is 1.30 bits per heavy atom. The maximum Gasteiger partial charge on any atom is 0.106 e. The number of oxime groups is 1. The highest BCUT2D eigenvalue weighted by molar-refractivity contribution is 5.97. The molecule has 3 rings (SSSR count). The first kappa shape index (κ1) is 17.0. The summed E-state index contributed by atoms with van der Waals surface area (Å²) in [5.41, 5.74) is 1.47. The van der Waals surface area contributed by atoms with Crippen LogP contribution in [-0.4, -0.2) is 24.0 Å². The van der Waals surface area contributed by atoms with E-state index in [4.69, 9.17) is 4.84 Å². The van der Waals surface area contributed by atoms with Gasteiger partial charge in [0.05, 0.1) is 11.8 Å². The molecule has 0 bridgehead atoms. The zero-order valence-corrected chi connectivity index (χ0v) is 15.0. The molecule has 3 aliphatic rings. The summed E-state index contributed by atoms with van der Waals surface area (Å²) in [5, 5.41) is 14.5. The first-order valence-electron chi connectivity index (χ1n) is 9.52. The third-order valence-corrected chi connectivity index (χ3v) is 6.84. The molecule has 1 N–H and O–H groups in total. The number of aliphatic hydroxyl groups is 1. The van der Waals surface area contributed by atoms with Gasteiger partial charge in [0.1, 0.15) is 7.11 Å². The van der Waals surface area contributed by atoms with Crippen LogP contribution < -0.4 is 0 Å². The molecular weight excluding hydrogens is 286 g/mol. The summed E-state index contributed by atoms with van der Waals surface area (Å²) >= 11 is 0. The Bertz CT molecular complexity index is 468. The van der Waals surface area contributed by atoms with Crippen molar-refractivity contribution in [3.63, 3.8) is 0 Å². The maximum absolute atomic E-state index is 10.4. The zero-order valence-electron chi connectivity index (χ0n) is 15.0. The average molecular weight is 319 g/mol. The van der Waals surface area contributed by atoms with Crippen molar-refractivity contribution in [3.05, 3.63) is 12.2 Å². The van der Waals surface area contributed by atoms with Gasteiger partial charge in [-0.2, -0.15) is 0 Å². The van der Waals surface area contributed by atoms with Gasteiger partial charge in [0.15, 0.2) is 0 Å². The van der Waals surface area contributed by atoms with E-state index in [1.807, 2.05) is 0 Å². The Morgan fingerprint density at radius 3 is 2.78 bits per heavy atom. The van der Waals surface area contributed by atoms with Crippen LogP contribution in [0.4, 0.5) is 0 Å². The van der Waals surface area contributed by atoms with Gasteiger partial charge in [-0.05, 0) is 74.2 Å². The summed E-state index contributed by atoms with van der Waals surface area (Å²) in [7, 11) is 1.63. The fraction of sp³-hybridized carbons (Fsp3) is 0.850. The maximum atomic E-state index is 10.4. The van der Waals surface area contributed by atoms with Gasteiger partial charge in [-0.1, -0.05) is 31.5 Å². The third-order valence-electron chi connectivity index (χ3n) is 6.84. The van der Waals surface area contributed by atoms with Crippen molar-refractivity contribution in [1.82, 2.24) is 0 Å². The van der Waals surface area contributed by atoms with Crippen molar-refractivity contribution < 1.29 is 9.94 Å². The molecule has 3 heteroatoms. The van der Waals surface area contributed by atoms with Crippen LogP contribution in [0.1, 0.15) is 65.2 Å². The van der Waals surface area contributed by atoms with Crippen LogP contribution in [-0.2, 0) is 4.84 Å². The van der Waals surface area contributed by atoms with E-state index in [1.54, 1.807) is 7.11 Å². The van der Waals surface area contributed by atoms with Crippen molar-refractivity contribution in [3.8, 4) is 0 Å². The molecule has 0 aromatic carbocycles. The van der Waals surface area contributed by atoms with E-state index >= 15 is 0 Å². The molecule has 3 nitrogen and oxygen atoms in total. The van der Waals surface area contributed by atoms with Crippen LogP contribution in [0, 0.1) is 29.1 Å². The van der Waals surface area contributed by atoms with Crippen LogP contribution in [0.2, 0.25) is 0 Å². The van der Waals surface area contributed by atoms with E-state index < -0.39 is 0 Å². The first-order valence-corrected chi connectivity index (χ1v) is 9.52. The lowest BCUT2D eigenvalue weighted by Crippen LogP contribution is -2.41. The lowest BCUT2D eigenvalue weighted by atomic mass is 9.61. The lowest BCUT2D eigenvalue weighted by Gasteiger charge is -2.45. The second kappa shape index (κ2) is 6.96. The minimum atomic E-state index is -0.0585. The Kier molecular flexibility index (Phi) is 5.15. The summed E-state index contributed by atoms with van der Waals surface area (Å²) in [6.07, 6.45) is 14.0. The molecule has 0 radical (unpaired) electrons. The lowest BCUT2D eigenvalue weighted by molar-refractivity contribution is -0.0266. The molecule has 23 heavy (non-hydrogen) atoms. The van der Waals surface area contributed by atoms with Gasteiger partial charge in [0.2, 0.25) is 0 Å². The smallest absolute Gasteiger partial charge is 0.106 e. The summed E-state index contributed by atoms with van der Waals surface area (Å²) < 4.78 is 0. The molecule has 3 saturated carbocycles. The fourth-order valence-electron chi connectivity index (χ4n) is 5.42. The first-order chi connectivity index (χ1) is 11.1. The average Bonchev–Trinajstić information content (AvgIpc) is 3.28. The molecule has 0 heterocycles. The molecule has 3 aliphatic carbocycles. The SMILES string of the molecule is CO/N=C(\C=C\C[C@@H](C)C1CC[C@H]2C(O)CCC[C@]12C)C1CC1. The van der Waals surface area contributed by atoms with Gasteiger partial charge in [0.25, 0.3) is 0 Å². The number of rotatable bonds is 6. The number of hydrogen-bond acceptors (Lipinski definition) is 3. The number of aliphatic hydroxyl groups excluding tert-OH is 1. The monoisotopic (exact) mass is 319 g/mol. The Labute approximate surface area is 141 Å². The quantitative estimate of drug-likeness (QED) is 0.576. The molecule has 0 aliphatic heterocycles. The topological polar surface area (TPSA) is 41.8 Å². The van der Waals surface area contributed by atoms with Gasteiger partial charge in [-0.15, -0.1) is 0 Å². The molecule has 0 aromatic rings. The predicted molar refractivity (Wildman–Crippen MR) is 94.3 cm³/mol. The molecule has 3 fully saturated rings. The van der Waals surface area contributed by atoms with E-state index in [1.165, 1.54) is 38.5 Å². The Balaban J connectivity index is 1.60. The summed E-state index contributed by atoms with van der Waals surface area (Å²) in [6, 6.07) is 0. The number of allylic oxidation sites excluding steroid dienone is 2. The van der Waals surface area contributed by atoms with Gasteiger partial charge in [0, 0.05) is 5.92 Å². The van der Waals surface area contributed by atoms with E-state index in [9.17, 15) is 5.11 Å². The molecular formula is C20H33NO2. The third kappa shape index (κ3) is 3.50. The largest absolute Gasteiger partial charge is 0.399 e. The van der Waals surface area contributed by atoms with Gasteiger partial charge in [-0.25, -0.2) is 0 Å². The molecule has 2 unspecified atom stereocenters.